The molecule has 0 aromatic heterocycles. The summed E-state index contributed by atoms with van der Waals surface area (Å²) in [5.41, 5.74) is 1.16. The van der Waals surface area contributed by atoms with E-state index in [1.807, 2.05) is 0 Å². The number of hydrogen-bond acceptors (Lipinski definition) is 2. The summed E-state index contributed by atoms with van der Waals surface area (Å²) in [7, 11) is 3.27. The zero-order chi connectivity index (χ0) is 7.98. The molecule has 0 heterocycles. The quantitative estimate of drug-likeness (QED) is 0.434. The van der Waals surface area contributed by atoms with E-state index >= 15 is 0 Å². The molecule has 10 heavy (non-hydrogen) atoms. The zero-order valence-electron chi connectivity index (χ0n) is 7.02. The van der Waals surface area contributed by atoms with Gasteiger partial charge in [-0.3, -0.25) is 0 Å². The Kier molecular flexibility index (Phi) is 5.26. The molecule has 0 aliphatic rings. The first kappa shape index (κ1) is 9.66. The lowest BCUT2D eigenvalue weighted by Crippen LogP contribution is -2.13. The summed E-state index contributed by atoms with van der Waals surface area (Å²) < 4.78 is 9.98. The van der Waals surface area contributed by atoms with E-state index in [0.29, 0.717) is 0 Å². The van der Waals surface area contributed by atoms with Crippen LogP contribution in [-0.4, -0.2) is 20.5 Å². The first-order valence-corrected chi connectivity index (χ1v) is 3.46. The van der Waals surface area contributed by atoms with Gasteiger partial charge in [0.1, 0.15) is 0 Å². The standard InChI is InChI=1S/C8H16O2/c1-5-7(2)6-8(9-3)10-4/h8H,2,5-6H2,1,3-4H3. The van der Waals surface area contributed by atoms with Crippen LogP contribution in [0.3, 0.4) is 0 Å². The maximum Gasteiger partial charge on any atom is 0.160 e. The van der Waals surface area contributed by atoms with Gasteiger partial charge < -0.3 is 9.47 Å². The highest BCUT2D eigenvalue weighted by molar-refractivity contribution is 4.93. The molecule has 0 aromatic rings. The van der Waals surface area contributed by atoms with E-state index in [2.05, 4.69) is 13.5 Å². The minimum absolute atomic E-state index is 0.118. The van der Waals surface area contributed by atoms with Crippen molar-refractivity contribution >= 4 is 0 Å². The minimum atomic E-state index is -0.118. The molecule has 0 saturated heterocycles. The largest absolute Gasteiger partial charge is 0.356 e. The molecule has 0 spiro atoms. The van der Waals surface area contributed by atoms with Crippen molar-refractivity contribution in [1.29, 1.82) is 0 Å². The maximum atomic E-state index is 4.99. The monoisotopic (exact) mass is 144 g/mol. The summed E-state index contributed by atoms with van der Waals surface area (Å²) in [6.07, 6.45) is 1.67. The third-order valence-electron chi connectivity index (χ3n) is 1.48. The number of rotatable bonds is 5. The summed E-state index contributed by atoms with van der Waals surface area (Å²) in [5.74, 6) is 0. The van der Waals surface area contributed by atoms with Crippen LogP contribution < -0.4 is 0 Å². The lowest BCUT2D eigenvalue weighted by molar-refractivity contribution is -0.100. The van der Waals surface area contributed by atoms with E-state index in [-0.39, 0.29) is 6.29 Å². The third kappa shape index (κ3) is 3.64. The van der Waals surface area contributed by atoms with Crippen molar-refractivity contribution in [1.82, 2.24) is 0 Å². The molecule has 0 saturated carbocycles. The van der Waals surface area contributed by atoms with Crippen LogP contribution in [0.4, 0.5) is 0 Å². The molecule has 0 amide bonds. The van der Waals surface area contributed by atoms with Gasteiger partial charge in [0, 0.05) is 20.6 Å². The van der Waals surface area contributed by atoms with Crippen LogP contribution in [0.5, 0.6) is 0 Å². The average Bonchev–Trinajstić information content (AvgIpc) is 1.99. The molecule has 0 fully saturated rings. The van der Waals surface area contributed by atoms with Gasteiger partial charge in [0.25, 0.3) is 0 Å². The average molecular weight is 144 g/mol. The molecule has 0 unspecified atom stereocenters. The Hall–Kier alpha value is -0.340. The first-order valence-electron chi connectivity index (χ1n) is 3.46. The molecule has 2 heteroatoms. The van der Waals surface area contributed by atoms with Crippen molar-refractivity contribution in [2.75, 3.05) is 14.2 Å². The second-order valence-corrected chi connectivity index (χ2v) is 2.21. The van der Waals surface area contributed by atoms with Crippen LogP contribution in [0.2, 0.25) is 0 Å². The normalized spacial score (nSPS) is 10.4. The van der Waals surface area contributed by atoms with Crippen LogP contribution in [0.15, 0.2) is 12.2 Å². The molecule has 2 nitrogen and oxygen atoms in total. The molecule has 0 atom stereocenters. The third-order valence-corrected chi connectivity index (χ3v) is 1.48. The summed E-state index contributed by atoms with van der Waals surface area (Å²) in [5, 5.41) is 0. The Bertz CT molecular complexity index is 95.4. The van der Waals surface area contributed by atoms with Crippen molar-refractivity contribution in [2.24, 2.45) is 0 Å². The number of hydrogen-bond donors (Lipinski definition) is 0. The first-order chi connectivity index (χ1) is 4.74. The molecule has 0 aliphatic heterocycles. The van der Waals surface area contributed by atoms with E-state index < -0.39 is 0 Å². The van der Waals surface area contributed by atoms with Crippen LogP contribution in [0.25, 0.3) is 0 Å². The SMILES string of the molecule is C=C(CC)CC(OC)OC. The van der Waals surface area contributed by atoms with Crippen molar-refractivity contribution in [2.45, 2.75) is 26.1 Å². The topological polar surface area (TPSA) is 18.5 Å². The Morgan fingerprint density at radius 2 is 1.90 bits per heavy atom. The van der Waals surface area contributed by atoms with Gasteiger partial charge >= 0.3 is 0 Å². The van der Waals surface area contributed by atoms with Gasteiger partial charge in [0.2, 0.25) is 0 Å². The number of methoxy groups -OCH3 is 2. The van der Waals surface area contributed by atoms with Gasteiger partial charge in [-0.05, 0) is 6.42 Å². The van der Waals surface area contributed by atoms with Crippen molar-refractivity contribution < 1.29 is 9.47 Å². The Morgan fingerprint density at radius 3 is 2.20 bits per heavy atom. The fourth-order valence-corrected chi connectivity index (χ4v) is 0.643. The summed E-state index contributed by atoms with van der Waals surface area (Å²) in [6.45, 7) is 5.92. The predicted molar refractivity (Wildman–Crippen MR) is 41.9 cm³/mol. The van der Waals surface area contributed by atoms with Gasteiger partial charge in [-0.15, -0.1) is 0 Å². The van der Waals surface area contributed by atoms with Crippen molar-refractivity contribution in [3.63, 3.8) is 0 Å². The zero-order valence-corrected chi connectivity index (χ0v) is 7.02. The van der Waals surface area contributed by atoms with Gasteiger partial charge in [-0.1, -0.05) is 19.1 Å². The fraction of sp³-hybridized carbons (Fsp3) is 0.750. The lowest BCUT2D eigenvalue weighted by atomic mass is 10.1. The summed E-state index contributed by atoms with van der Waals surface area (Å²) in [4.78, 5) is 0. The summed E-state index contributed by atoms with van der Waals surface area (Å²) in [6, 6.07) is 0. The maximum absolute atomic E-state index is 4.99. The molecule has 0 bridgehead atoms. The molecule has 0 N–H and O–H groups in total. The highest BCUT2D eigenvalue weighted by atomic mass is 16.7. The molecule has 60 valence electrons. The van der Waals surface area contributed by atoms with Gasteiger partial charge in [-0.25, -0.2) is 0 Å². The van der Waals surface area contributed by atoms with Crippen LogP contribution in [0.1, 0.15) is 19.8 Å². The Labute approximate surface area is 62.8 Å². The predicted octanol–water partition coefficient (Wildman–Crippen LogP) is 1.96. The Morgan fingerprint density at radius 1 is 1.40 bits per heavy atom. The molecular formula is C8H16O2. The van der Waals surface area contributed by atoms with Crippen molar-refractivity contribution in [3.8, 4) is 0 Å². The second kappa shape index (κ2) is 5.45. The van der Waals surface area contributed by atoms with Gasteiger partial charge in [0.05, 0.1) is 0 Å². The second-order valence-electron chi connectivity index (χ2n) is 2.21. The van der Waals surface area contributed by atoms with E-state index in [1.54, 1.807) is 14.2 Å². The number of ether oxygens (including phenoxy) is 2. The molecule has 0 aromatic carbocycles. The van der Waals surface area contributed by atoms with Crippen LogP contribution in [-0.2, 0) is 9.47 Å². The molecule has 0 aliphatic carbocycles. The van der Waals surface area contributed by atoms with E-state index in [9.17, 15) is 0 Å². The minimum Gasteiger partial charge on any atom is -0.356 e. The molecular weight excluding hydrogens is 128 g/mol. The Balaban J connectivity index is 3.52. The highest BCUT2D eigenvalue weighted by Crippen LogP contribution is 2.09. The molecule has 0 radical (unpaired) electrons. The van der Waals surface area contributed by atoms with E-state index in [1.165, 1.54) is 0 Å². The van der Waals surface area contributed by atoms with Crippen LogP contribution in [0, 0.1) is 0 Å². The lowest BCUT2D eigenvalue weighted by Gasteiger charge is -2.13. The summed E-state index contributed by atoms with van der Waals surface area (Å²) >= 11 is 0. The fourth-order valence-electron chi connectivity index (χ4n) is 0.643. The highest BCUT2D eigenvalue weighted by Gasteiger charge is 2.04. The molecule has 0 rings (SSSR count). The van der Waals surface area contributed by atoms with Gasteiger partial charge in [-0.2, -0.15) is 0 Å². The van der Waals surface area contributed by atoms with Crippen molar-refractivity contribution in [3.05, 3.63) is 12.2 Å². The van der Waals surface area contributed by atoms with E-state index in [0.717, 1.165) is 18.4 Å². The van der Waals surface area contributed by atoms with E-state index in [4.69, 9.17) is 9.47 Å². The smallest absolute Gasteiger partial charge is 0.160 e. The van der Waals surface area contributed by atoms with Crippen LogP contribution >= 0.6 is 0 Å². The van der Waals surface area contributed by atoms with Gasteiger partial charge in [0.15, 0.2) is 6.29 Å².